The van der Waals surface area contributed by atoms with Gasteiger partial charge in [-0.25, -0.2) is 9.98 Å². The van der Waals surface area contributed by atoms with Gasteiger partial charge < -0.3 is 10.2 Å². The van der Waals surface area contributed by atoms with Gasteiger partial charge >= 0.3 is 0 Å². The zero-order valence-electron chi connectivity index (χ0n) is 25.6. The van der Waals surface area contributed by atoms with Crippen LogP contribution in [0.2, 0.25) is 10.0 Å². The minimum atomic E-state index is -0.0639. The summed E-state index contributed by atoms with van der Waals surface area (Å²) in [6.45, 7) is 9.49. The van der Waals surface area contributed by atoms with Crippen LogP contribution in [-0.2, 0) is 25.9 Å². The summed E-state index contributed by atoms with van der Waals surface area (Å²) in [6.07, 6.45) is 5.71. The lowest BCUT2D eigenvalue weighted by molar-refractivity contribution is -0.108. The van der Waals surface area contributed by atoms with Gasteiger partial charge in [0.2, 0.25) is 0 Å². The maximum Gasteiger partial charge on any atom is 0.261 e. The first kappa shape index (κ1) is 29.4. The number of halogens is 2. The van der Waals surface area contributed by atoms with Crippen molar-refractivity contribution in [2.75, 3.05) is 11.9 Å². The number of nitrogens with zero attached hydrogens (tertiary/aromatic N) is 4. The topological polar surface area (TPSA) is 62.5 Å². The monoisotopic (exact) mass is 627 g/mol. The normalized spacial score (nSPS) is 24.1. The van der Waals surface area contributed by atoms with Gasteiger partial charge in [-0.2, -0.15) is 0 Å². The molecule has 3 aliphatic carbocycles. The van der Waals surface area contributed by atoms with Crippen LogP contribution >= 0.6 is 23.2 Å². The quantitative estimate of drug-likeness (QED) is 0.181. The number of aromatic nitrogens is 2. The largest absolute Gasteiger partial charge is 0.338 e. The number of nitrogens with one attached hydrogen (secondary N) is 1. The van der Waals surface area contributed by atoms with Gasteiger partial charge in [0.15, 0.2) is 5.96 Å². The summed E-state index contributed by atoms with van der Waals surface area (Å²) in [5.41, 5.74) is 5.63. The highest BCUT2D eigenvalue weighted by Crippen LogP contribution is 2.61. The fourth-order valence-electron chi connectivity index (χ4n) is 7.81. The number of aliphatic imine (C=N–C) groups is 1. The second-order valence-corrected chi connectivity index (χ2v) is 14.3. The van der Waals surface area contributed by atoms with Crippen LogP contribution in [0.1, 0.15) is 50.3 Å². The molecule has 0 saturated heterocycles. The molecule has 4 aliphatic rings. The molecule has 4 atom stereocenters. The van der Waals surface area contributed by atoms with Crippen molar-refractivity contribution in [2.24, 2.45) is 28.2 Å². The van der Waals surface area contributed by atoms with Crippen LogP contribution in [0, 0.1) is 23.2 Å². The van der Waals surface area contributed by atoms with E-state index in [2.05, 4.69) is 60.2 Å². The highest BCUT2D eigenvalue weighted by Gasteiger charge is 2.56. The lowest BCUT2D eigenvalue weighted by Crippen LogP contribution is -2.56. The fourth-order valence-corrected chi connectivity index (χ4v) is 8.31. The predicted octanol–water partition coefficient (Wildman–Crippen LogP) is 7.84. The van der Waals surface area contributed by atoms with Gasteiger partial charge in [0.1, 0.15) is 0 Å². The molecule has 8 heteroatoms. The average molecular weight is 629 g/mol. The van der Waals surface area contributed by atoms with Crippen molar-refractivity contribution < 1.29 is 0 Å². The molecule has 2 bridgehead atoms. The van der Waals surface area contributed by atoms with Crippen LogP contribution in [0.25, 0.3) is 10.9 Å². The van der Waals surface area contributed by atoms with Crippen LogP contribution in [0.4, 0.5) is 5.69 Å². The van der Waals surface area contributed by atoms with E-state index in [9.17, 15) is 4.79 Å². The summed E-state index contributed by atoms with van der Waals surface area (Å²) in [6, 6.07) is 20.3. The highest BCUT2D eigenvalue weighted by atomic mass is 35.5. The van der Waals surface area contributed by atoms with Gasteiger partial charge in [-0.15, -0.1) is 0 Å². The first-order valence-electron chi connectivity index (χ1n) is 15.8. The summed E-state index contributed by atoms with van der Waals surface area (Å²) >= 11 is 12.4. The minimum Gasteiger partial charge on any atom is -0.338 e. The minimum absolute atomic E-state index is 0.0639. The standard InChI is InChI=1S/C36H39Cl2N5O/c1-22-30-16-26(36(30,2)3)17-32(22)41-35(42-14-12-23-6-4-5-7-25(23)20-42)40-28-10-11-29-33(19-28)39-21-43(34(29)44)15-13-24-8-9-27(37)18-31(24)38/h4-11,18-19,21-22,26,30,32H,12-17,20H2,1-3H3,(H,40,41)/t22-,26-,30+,32-/m0/s1. The van der Waals surface area contributed by atoms with Gasteiger partial charge in [0, 0.05) is 35.4 Å². The summed E-state index contributed by atoms with van der Waals surface area (Å²) in [5, 5.41) is 5.48. The van der Waals surface area contributed by atoms with Crippen molar-refractivity contribution in [3.05, 3.63) is 104 Å². The van der Waals surface area contributed by atoms with Crippen LogP contribution in [-0.4, -0.2) is 33.0 Å². The van der Waals surface area contributed by atoms with Crippen molar-refractivity contribution in [2.45, 2.75) is 65.6 Å². The number of rotatable bonds is 5. The van der Waals surface area contributed by atoms with Gasteiger partial charge in [0.05, 0.1) is 23.3 Å². The molecule has 2 heterocycles. The second-order valence-electron chi connectivity index (χ2n) is 13.5. The Morgan fingerprint density at radius 1 is 1.07 bits per heavy atom. The van der Waals surface area contributed by atoms with Gasteiger partial charge in [-0.1, -0.05) is 74.3 Å². The average Bonchev–Trinajstić information content (AvgIpc) is 3.01. The van der Waals surface area contributed by atoms with Crippen molar-refractivity contribution in [3.8, 4) is 0 Å². The highest BCUT2D eigenvalue weighted by molar-refractivity contribution is 6.35. The molecular weight excluding hydrogens is 589 g/mol. The maximum absolute atomic E-state index is 13.4. The molecular formula is C36H39Cl2N5O. The summed E-state index contributed by atoms with van der Waals surface area (Å²) in [5.74, 6) is 2.93. The second kappa shape index (κ2) is 11.5. The smallest absolute Gasteiger partial charge is 0.261 e. The number of hydrogen-bond acceptors (Lipinski definition) is 3. The number of fused-ring (bicyclic) bond motifs is 4. The Labute approximate surface area is 269 Å². The zero-order chi connectivity index (χ0) is 30.6. The van der Waals surface area contributed by atoms with Crippen LogP contribution in [0.5, 0.6) is 0 Å². The van der Waals surface area contributed by atoms with Gasteiger partial charge in [0.25, 0.3) is 5.56 Å². The third kappa shape index (κ3) is 5.41. The number of hydrogen-bond donors (Lipinski definition) is 1. The molecule has 228 valence electrons. The SMILES string of the molecule is C[C@@H]1[C@@H](/N=C(/Nc2ccc3c(=O)n(CCc4ccc(Cl)cc4Cl)cnc3c2)N2CCc3ccccc3C2)C[C@@H]2C[C@H]1C2(C)C. The first-order valence-corrected chi connectivity index (χ1v) is 16.5. The van der Waals surface area contributed by atoms with Crippen LogP contribution in [0.15, 0.2) is 76.8 Å². The molecule has 4 aromatic rings. The van der Waals surface area contributed by atoms with Gasteiger partial charge in [-0.3, -0.25) is 9.36 Å². The van der Waals surface area contributed by atoms with E-state index in [1.54, 1.807) is 17.0 Å². The van der Waals surface area contributed by atoms with E-state index in [-0.39, 0.29) is 5.56 Å². The summed E-state index contributed by atoms with van der Waals surface area (Å²) in [4.78, 5) is 25.9. The van der Waals surface area contributed by atoms with Crippen molar-refractivity contribution in [1.82, 2.24) is 14.5 Å². The Bertz CT molecular complexity index is 1810. The molecule has 8 rings (SSSR count). The third-order valence-electron chi connectivity index (χ3n) is 10.8. The van der Waals surface area contributed by atoms with Gasteiger partial charge in [-0.05, 0) is 95.9 Å². The Balaban J connectivity index is 1.15. The number of anilines is 1. The number of guanidine groups is 1. The molecule has 1 N–H and O–H groups in total. The molecule has 44 heavy (non-hydrogen) atoms. The molecule has 1 aliphatic heterocycles. The van der Waals surface area contributed by atoms with Crippen molar-refractivity contribution in [3.63, 3.8) is 0 Å². The molecule has 0 radical (unpaired) electrons. The Kier molecular flexibility index (Phi) is 7.70. The van der Waals surface area contributed by atoms with Crippen LogP contribution < -0.4 is 10.9 Å². The zero-order valence-corrected chi connectivity index (χ0v) is 27.1. The molecule has 3 aromatic carbocycles. The first-order chi connectivity index (χ1) is 21.2. The number of aryl methyl sites for hydroxylation is 2. The van der Waals surface area contributed by atoms with E-state index in [0.717, 1.165) is 55.0 Å². The van der Waals surface area contributed by atoms with E-state index >= 15 is 0 Å². The molecule has 1 aromatic heterocycles. The maximum atomic E-state index is 13.4. The Hall–Kier alpha value is -3.35. The van der Waals surface area contributed by atoms with E-state index in [1.807, 2.05) is 30.3 Å². The molecule has 0 amide bonds. The number of benzene rings is 3. The molecule has 0 spiro atoms. The molecule has 0 unspecified atom stereocenters. The molecule has 3 saturated carbocycles. The molecule has 6 nitrogen and oxygen atoms in total. The van der Waals surface area contributed by atoms with E-state index in [0.29, 0.717) is 51.3 Å². The third-order valence-corrected chi connectivity index (χ3v) is 11.3. The Morgan fingerprint density at radius 2 is 1.89 bits per heavy atom. The molecule has 3 fully saturated rings. The lowest BCUT2D eigenvalue weighted by atomic mass is 9.45. The van der Waals surface area contributed by atoms with Crippen molar-refractivity contribution >= 4 is 45.8 Å². The van der Waals surface area contributed by atoms with E-state index in [1.165, 1.54) is 17.5 Å². The summed E-state index contributed by atoms with van der Waals surface area (Å²) in [7, 11) is 0. The van der Waals surface area contributed by atoms with E-state index < -0.39 is 0 Å². The Morgan fingerprint density at radius 3 is 2.66 bits per heavy atom. The van der Waals surface area contributed by atoms with Crippen LogP contribution in [0.3, 0.4) is 0 Å². The van der Waals surface area contributed by atoms with Crippen molar-refractivity contribution in [1.29, 1.82) is 0 Å². The predicted molar refractivity (Wildman–Crippen MR) is 181 cm³/mol. The fraction of sp³-hybridized carbons (Fsp3) is 0.417. The lowest BCUT2D eigenvalue weighted by Gasteiger charge is -2.61. The summed E-state index contributed by atoms with van der Waals surface area (Å²) < 4.78 is 1.65. The van der Waals surface area contributed by atoms with E-state index in [4.69, 9.17) is 28.2 Å².